The van der Waals surface area contributed by atoms with Crippen LogP contribution in [-0.2, 0) is 6.42 Å². The molecule has 1 nitrogen and oxygen atoms in total. The summed E-state index contributed by atoms with van der Waals surface area (Å²) < 4.78 is 0.958. The summed E-state index contributed by atoms with van der Waals surface area (Å²) in [7, 11) is 0. The smallest absolute Gasteiger partial charge is 0.0934 e. The van der Waals surface area contributed by atoms with Crippen LogP contribution in [-0.4, -0.2) is 6.04 Å². The van der Waals surface area contributed by atoms with Crippen molar-refractivity contribution in [2.75, 3.05) is 0 Å². The Bertz CT molecular complexity index is 368. The molecule has 16 heavy (non-hydrogen) atoms. The largest absolute Gasteiger partial charge is 0.307 e. The van der Waals surface area contributed by atoms with Gasteiger partial charge in [-0.05, 0) is 37.3 Å². The second kappa shape index (κ2) is 4.67. The first-order valence-corrected chi connectivity index (χ1v) is 7.56. The van der Waals surface area contributed by atoms with E-state index in [2.05, 4.69) is 11.4 Å². The van der Waals surface area contributed by atoms with Gasteiger partial charge in [0, 0.05) is 17.0 Å². The molecule has 0 spiro atoms. The molecule has 0 bridgehead atoms. The van der Waals surface area contributed by atoms with E-state index in [-0.39, 0.29) is 0 Å². The summed E-state index contributed by atoms with van der Waals surface area (Å²) in [6, 6.07) is 3.51. The summed E-state index contributed by atoms with van der Waals surface area (Å²) in [5.74, 6) is 0. The number of hydrogen-bond acceptors (Lipinski definition) is 2. The first-order chi connectivity index (χ1) is 7.83. The quantitative estimate of drug-likeness (QED) is 0.830. The van der Waals surface area contributed by atoms with E-state index in [1.165, 1.54) is 55.4 Å². The Hall–Kier alpha value is -0.0500. The molecule has 1 fully saturated rings. The summed E-state index contributed by atoms with van der Waals surface area (Å²) in [5.41, 5.74) is 1.49. The molecule has 3 rings (SSSR count). The van der Waals surface area contributed by atoms with E-state index in [0.717, 1.165) is 10.4 Å². The zero-order valence-corrected chi connectivity index (χ0v) is 11.0. The van der Waals surface area contributed by atoms with E-state index in [0.29, 0.717) is 6.04 Å². The van der Waals surface area contributed by atoms with Crippen LogP contribution in [0.25, 0.3) is 0 Å². The maximum absolute atomic E-state index is 6.08. The molecule has 88 valence electrons. The summed E-state index contributed by atoms with van der Waals surface area (Å²) in [4.78, 5) is 1.51. The highest BCUT2D eigenvalue weighted by Crippen LogP contribution is 2.40. The minimum atomic E-state index is 0.585. The van der Waals surface area contributed by atoms with Crippen molar-refractivity contribution in [3.63, 3.8) is 0 Å². The molecule has 1 aromatic rings. The molecule has 1 unspecified atom stereocenters. The van der Waals surface area contributed by atoms with E-state index in [1.54, 1.807) is 11.3 Å². The van der Waals surface area contributed by atoms with Crippen molar-refractivity contribution in [1.29, 1.82) is 0 Å². The van der Waals surface area contributed by atoms with Gasteiger partial charge in [0.1, 0.15) is 0 Å². The first-order valence-electron chi connectivity index (χ1n) is 6.37. The standard InChI is InChI=1S/C13H18ClNS/c14-13-8-10-11(6-7-12(10)16-13)15-9-4-2-1-3-5-9/h8-9,11,15H,1-7H2. The second-order valence-corrected chi connectivity index (χ2v) is 6.79. The Balaban J connectivity index is 1.67. The molecular weight excluding hydrogens is 238 g/mol. The van der Waals surface area contributed by atoms with E-state index in [1.807, 2.05) is 0 Å². The molecule has 0 aliphatic heterocycles. The molecule has 1 atom stereocenters. The summed E-state index contributed by atoms with van der Waals surface area (Å²) in [6.07, 6.45) is 9.46. The minimum Gasteiger partial charge on any atom is -0.307 e. The molecule has 0 aromatic carbocycles. The monoisotopic (exact) mass is 255 g/mol. The van der Waals surface area contributed by atoms with Crippen LogP contribution in [0.3, 0.4) is 0 Å². The third-order valence-corrected chi connectivity index (χ3v) is 5.23. The molecule has 0 radical (unpaired) electrons. The zero-order valence-electron chi connectivity index (χ0n) is 9.47. The van der Waals surface area contributed by atoms with Gasteiger partial charge in [0.05, 0.1) is 4.34 Å². The Morgan fingerprint density at radius 3 is 2.81 bits per heavy atom. The predicted octanol–water partition coefficient (Wildman–Crippen LogP) is 4.31. The topological polar surface area (TPSA) is 12.0 Å². The van der Waals surface area contributed by atoms with Gasteiger partial charge in [-0.1, -0.05) is 30.9 Å². The van der Waals surface area contributed by atoms with Crippen molar-refractivity contribution in [2.24, 2.45) is 0 Å². The van der Waals surface area contributed by atoms with Crippen LogP contribution in [0.4, 0.5) is 0 Å². The summed E-state index contributed by atoms with van der Waals surface area (Å²) in [6.45, 7) is 0. The fourth-order valence-corrected chi connectivity index (χ4v) is 4.41. The lowest BCUT2D eigenvalue weighted by Gasteiger charge is -2.26. The first kappa shape index (κ1) is 11.1. The Morgan fingerprint density at radius 1 is 1.19 bits per heavy atom. The number of halogens is 1. The predicted molar refractivity (Wildman–Crippen MR) is 70.4 cm³/mol. The van der Waals surface area contributed by atoms with Gasteiger partial charge in [-0.2, -0.15) is 0 Å². The van der Waals surface area contributed by atoms with Crippen LogP contribution in [0.15, 0.2) is 6.07 Å². The van der Waals surface area contributed by atoms with Gasteiger partial charge in [-0.15, -0.1) is 11.3 Å². The maximum atomic E-state index is 6.08. The molecule has 2 aliphatic carbocycles. The lowest BCUT2D eigenvalue weighted by atomic mass is 9.94. The third-order valence-electron chi connectivity index (χ3n) is 3.89. The van der Waals surface area contributed by atoms with Crippen LogP contribution in [0.2, 0.25) is 4.34 Å². The second-order valence-electron chi connectivity index (χ2n) is 5.02. The van der Waals surface area contributed by atoms with Crippen LogP contribution >= 0.6 is 22.9 Å². The molecule has 1 N–H and O–H groups in total. The molecule has 1 saturated carbocycles. The number of aryl methyl sites for hydroxylation is 1. The Morgan fingerprint density at radius 2 is 2.00 bits per heavy atom. The van der Waals surface area contributed by atoms with Crippen LogP contribution in [0, 0.1) is 0 Å². The van der Waals surface area contributed by atoms with E-state index >= 15 is 0 Å². The SMILES string of the molecule is Clc1cc2c(s1)CCC2NC1CCCCC1. The van der Waals surface area contributed by atoms with Gasteiger partial charge in [0.25, 0.3) is 0 Å². The van der Waals surface area contributed by atoms with Gasteiger partial charge in [0.15, 0.2) is 0 Å². The third kappa shape index (κ3) is 2.15. The van der Waals surface area contributed by atoms with Gasteiger partial charge in [-0.25, -0.2) is 0 Å². The van der Waals surface area contributed by atoms with Crippen LogP contribution in [0.5, 0.6) is 0 Å². The van der Waals surface area contributed by atoms with Crippen molar-refractivity contribution < 1.29 is 0 Å². The highest BCUT2D eigenvalue weighted by atomic mass is 35.5. The fourth-order valence-electron chi connectivity index (χ4n) is 3.06. The molecule has 0 amide bonds. The normalized spacial score (nSPS) is 25.9. The number of hydrogen-bond donors (Lipinski definition) is 1. The highest BCUT2D eigenvalue weighted by molar-refractivity contribution is 7.16. The van der Waals surface area contributed by atoms with Crippen molar-refractivity contribution in [3.8, 4) is 0 Å². The lowest BCUT2D eigenvalue weighted by Crippen LogP contribution is -2.33. The summed E-state index contributed by atoms with van der Waals surface area (Å²) in [5, 5.41) is 3.84. The number of rotatable bonds is 2. The average molecular weight is 256 g/mol. The van der Waals surface area contributed by atoms with Crippen molar-refractivity contribution in [2.45, 2.75) is 57.0 Å². The van der Waals surface area contributed by atoms with Gasteiger partial charge in [-0.3, -0.25) is 0 Å². The van der Waals surface area contributed by atoms with E-state index < -0.39 is 0 Å². The molecule has 3 heteroatoms. The van der Waals surface area contributed by atoms with E-state index in [9.17, 15) is 0 Å². The zero-order chi connectivity index (χ0) is 11.0. The Labute approximate surface area is 106 Å². The molecular formula is C13H18ClNS. The Kier molecular flexibility index (Phi) is 3.23. The van der Waals surface area contributed by atoms with E-state index in [4.69, 9.17) is 11.6 Å². The minimum absolute atomic E-state index is 0.585. The van der Waals surface area contributed by atoms with Crippen LogP contribution < -0.4 is 5.32 Å². The number of fused-ring (bicyclic) bond motifs is 1. The highest BCUT2D eigenvalue weighted by Gasteiger charge is 2.27. The summed E-state index contributed by atoms with van der Waals surface area (Å²) >= 11 is 7.85. The maximum Gasteiger partial charge on any atom is 0.0934 e. The fraction of sp³-hybridized carbons (Fsp3) is 0.692. The molecule has 1 heterocycles. The van der Waals surface area contributed by atoms with Crippen molar-refractivity contribution in [3.05, 3.63) is 20.8 Å². The van der Waals surface area contributed by atoms with Gasteiger partial charge < -0.3 is 5.32 Å². The van der Waals surface area contributed by atoms with Gasteiger partial charge >= 0.3 is 0 Å². The van der Waals surface area contributed by atoms with Crippen molar-refractivity contribution >= 4 is 22.9 Å². The van der Waals surface area contributed by atoms with Crippen LogP contribution in [0.1, 0.15) is 55.0 Å². The lowest BCUT2D eigenvalue weighted by molar-refractivity contribution is 0.337. The number of thiophene rings is 1. The number of nitrogens with one attached hydrogen (secondary N) is 1. The van der Waals surface area contributed by atoms with Gasteiger partial charge in [0.2, 0.25) is 0 Å². The van der Waals surface area contributed by atoms with Crippen molar-refractivity contribution in [1.82, 2.24) is 5.32 Å². The molecule has 1 aromatic heterocycles. The average Bonchev–Trinajstić information content (AvgIpc) is 2.81. The molecule has 2 aliphatic rings. The molecule has 0 saturated heterocycles.